The number of hydrogen-bond donors (Lipinski definition) is 2. The van der Waals surface area contributed by atoms with Crippen LogP contribution in [0.15, 0.2) is 23.4 Å². The summed E-state index contributed by atoms with van der Waals surface area (Å²) in [7, 11) is 2.48. The van der Waals surface area contributed by atoms with Gasteiger partial charge in [0, 0.05) is 6.20 Å². The standard InChI is InChI=1S/C12H17NO5/c1-12(2,16)9-8(11(15)18-4)5-7(6-13-9)10(14)17-3/h5-6,9,13,16H,1-4H3/t9-/m0/s1. The Bertz CT molecular complexity index is 417. The summed E-state index contributed by atoms with van der Waals surface area (Å²) < 4.78 is 9.20. The van der Waals surface area contributed by atoms with E-state index in [1.807, 2.05) is 0 Å². The van der Waals surface area contributed by atoms with E-state index in [0.717, 1.165) is 0 Å². The smallest absolute Gasteiger partial charge is 0.339 e. The number of dihydropyridines is 1. The molecule has 0 aromatic rings. The summed E-state index contributed by atoms with van der Waals surface area (Å²) in [5.74, 6) is -1.18. The van der Waals surface area contributed by atoms with Crippen LogP contribution in [0.1, 0.15) is 13.8 Å². The van der Waals surface area contributed by atoms with Crippen molar-refractivity contribution in [2.75, 3.05) is 14.2 Å². The fourth-order valence-electron chi connectivity index (χ4n) is 1.67. The molecule has 1 rings (SSSR count). The van der Waals surface area contributed by atoms with Crippen molar-refractivity contribution in [3.63, 3.8) is 0 Å². The van der Waals surface area contributed by atoms with Gasteiger partial charge in [-0.15, -0.1) is 0 Å². The molecule has 18 heavy (non-hydrogen) atoms. The number of nitrogens with one attached hydrogen (secondary N) is 1. The lowest BCUT2D eigenvalue weighted by molar-refractivity contribution is -0.137. The number of aliphatic hydroxyl groups is 1. The van der Waals surface area contributed by atoms with Crippen LogP contribution in [0.25, 0.3) is 0 Å². The van der Waals surface area contributed by atoms with Crippen LogP contribution in [0.2, 0.25) is 0 Å². The second-order valence-corrected chi connectivity index (χ2v) is 4.44. The molecule has 0 radical (unpaired) electrons. The molecule has 0 amide bonds. The molecule has 2 N–H and O–H groups in total. The Morgan fingerprint density at radius 3 is 2.28 bits per heavy atom. The quantitative estimate of drug-likeness (QED) is 0.684. The number of rotatable bonds is 3. The van der Waals surface area contributed by atoms with Crippen molar-refractivity contribution < 1.29 is 24.2 Å². The highest BCUT2D eigenvalue weighted by Crippen LogP contribution is 2.23. The first-order valence-corrected chi connectivity index (χ1v) is 5.38. The molecular formula is C12H17NO5. The monoisotopic (exact) mass is 255 g/mol. The summed E-state index contributed by atoms with van der Waals surface area (Å²) in [6, 6.07) is -0.654. The van der Waals surface area contributed by atoms with Gasteiger partial charge in [0.15, 0.2) is 0 Å². The minimum atomic E-state index is -1.18. The third-order valence-electron chi connectivity index (χ3n) is 2.58. The summed E-state index contributed by atoms with van der Waals surface area (Å²) in [6.45, 7) is 3.11. The number of esters is 2. The van der Waals surface area contributed by atoms with Gasteiger partial charge in [-0.2, -0.15) is 0 Å². The molecule has 0 fully saturated rings. The van der Waals surface area contributed by atoms with Gasteiger partial charge < -0.3 is 19.9 Å². The Hall–Kier alpha value is -1.82. The highest BCUT2D eigenvalue weighted by molar-refractivity contribution is 5.97. The SMILES string of the molecule is COC(=O)C1=CN[C@H](C(C)(C)O)C(C(=O)OC)=C1. The van der Waals surface area contributed by atoms with E-state index in [-0.39, 0.29) is 11.1 Å². The predicted molar refractivity (Wildman–Crippen MR) is 63.4 cm³/mol. The van der Waals surface area contributed by atoms with Crippen molar-refractivity contribution in [1.82, 2.24) is 5.32 Å². The molecule has 1 atom stereocenters. The van der Waals surface area contributed by atoms with Crippen LogP contribution in [-0.4, -0.2) is 42.9 Å². The summed E-state index contributed by atoms with van der Waals surface area (Å²) in [5, 5.41) is 12.8. The maximum Gasteiger partial charge on any atom is 0.339 e. The summed E-state index contributed by atoms with van der Waals surface area (Å²) >= 11 is 0. The zero-order valence-corrected chi connectivity index (χ0v) is 10.8. The third-order valence-corrected chi connectivity index (χ3v) is 2.58. The average molecular weight is 255 g/mol. The molecule has 0 spiro atoms. The lowest BCUT2D eigenvalue weighted by atomic mass is 9.88. The molecule has 1 aliphatic heterocycles. The molecule has 1 heterocycles. The summed E-state index contributed by atoms with van der Waals surface area (Å²) in [5.41, 5.74) is -0.815. The van der Waals surface area contributed by atoms with Crippen LogP contribution in [0.5, 0.6) is 0 Å². The molecule has 100 valence electrons. The molecule has 0 saturated carbocycles. The van der Waals surface area contributed by atoms with Crippen LogP contribution in [-0.2, 0) is 19.1 Å². The van der Waals surface area contributed by atoms with Crippen molar-refractivity contribution in [2.24, 2.45) is 0 Å². The minimum Gasteiger partial charge on any atom is -0.466 e. The second-order valence-electron chi connectivity index (χ2n) is 4.44. The summed E-state index contributed by atoms with van der Waals surface area (Å²) in [4.78, 5) is 23.0. The maximum absolute atomic E-state index is 11.7. The highest BCUT2D eigenvalue weighted by Gasteiger charge is 2.36. The van der Waals surface area contributed by atoms with Gasteiger partial charge in [-0.25, -0.2) is 9.59 Å². The van der Waals surface area contributed by atoms with E-state index >= 15 is 0 Å². The maximum atomic E-state index is 11.7. The van der Waals surface area contributed by atoms with Gasteiger partial charge in [-0.05, 0) is 19.9 Å². The van der Waals surface area contributed by atoms with E-state index in [2.05, 4.69) is 14.8 Å². The lowest BCUT2D eigenvalue weighted by Crippen LogP contribution is -2.49. The molecule has 0 aromatic carbocycles. The van der Waals surface area contributed by atoms with Crippen LogP contribution in [0.3, 0.4) is 0 Å². The molecule has 6 heteroatoms. The number of carbonyl (C=O) groups excluding carboxylic acids is 2. The van der Waals surface area contributed by atoms with Gasteiger partial charge in [-0.3, -0.25) is 0 Å². The van der Waals surface area contributed by atoms with Crippen molar-refractivity contribution in [3.05, 3.63) is 23.4 Å². The van der Waals surface area contributed by atoms with Gasteiger partial charge >= 0.3 is 11.9 Å². The summed E-state index contributed by atoms with van der Waals surface area (Å²) in [6.07, 6.45) is 2.76. The Kier molecular flexibility index (Phi) is 4.13. The topological polar surface area (TPSA) is 84.9 Å². The van der Waals surface area contributed by atoms with Crippen LogP contribution in [0, 0.1) is 0 Å². The van der Waals surface area contributed by atoms with Crippen LogP contribution in [0.4, 0.5) is 0 Å². The second kappa shape index (κ2) is 5.22. The Balaban J connectivity index is 3.12. The number of ether oxygens (including phenoxy) is 2. The number of methoxy groups -OCH3 is 2. The first-order chi connectivity index (χ1) is 8.31. The van der Waals surface area contributed by atoms with Crippen molar-refractivity contribution in [1.29, 1.82) is 0 Å². The predicted octanol–water partition coefficient (Wildman–Crippen LogP) is -0.115. The molecule has 6 nitrogen and oxygen atoms in total. The molecule has 0 saturated heterocycles. The molecule has 0 aliphatic carbocycles. The highest BCUT2D eigenvalue weighted by atomic mass is 16.5. The van der Waals surface area contributed by atoms with E-state index in [0.29, 0.717) is 0 Å². The third kappa shape index (κ3) is 2.89. The zero-order valence-electron chi connectivity index (χ0n) is 10.8. The van der Waals surface area contributed by atoms with Gasteiger partial charge in [0.2, 0.25) is 0 Å². The lowest BCUT2D eigenvalue weighted by Gasteiger charge is -2.32. The fourth-order valence-corrected chi connectivity index (χ4v) is 1.67. The zero-order chi connectivity index (χ0) is 13.9. The van der Waals surface area contributed by atoms with Gasteiger partial charge in [0.25, 0.3) is 0 Å². The minimum absolute atomic E-state index is 0.174. The number of carbonyl (C=O) groups is 2. The number of hydrogen-bond acceptors (Lipinski definition) is 6. The van der Waals surface area contributed by atoms with Crippen molar-refractivity contribution in [3.8, 4) is 0 Å². The Morgan fingerprint density at radius 2 is 1.83 bits per heavy atom. The van der Waals surface area contributed by atoms with E-state index in [4.69, 9.17) is 0 Å². The molecule has 0 unspecified atom stereocenters. The largest absolute Gasteiger partial charge is 0.466 e. The molecule has 1 aliphatic rings. The molecule has 0 bridgehead atoms. The Morgan fingerprint density at radius 1 is 1.28 bits per heavy atom. The first-order valence-electron chi connectivity index (χ1n) is 5.38. The fraction of sp³-hybridized carbons (Fsp3) is 0.500. The van der Waals surface area contributed by atoms with Crippen molar-refractivity contribution >= 4 is 11.9 Å². The van der Waals surface area contributed by atoms with E-state index in [1.54, 1.807) is 13.8 Å². The first kappa shape index (κ1) is 14.2. The van der Waals surface area contributed by atoms with E-state index < -0.39 is 23.6 Å². The van der Waals surface area contributed by atoms with Gasteiger partial charge in [0.1, 0.15) is 0 Å². The van der Waals surface area contributed by atoms with Crippen molar-refractivity contribution in [2.45, 2.75) is 25.5 Å². The Labute approximate surface area is 105 Å². The van der Waals surface area contributed by atoms with Crippen LogP contribution < -0.4 is 5.32 Å². The molecule has 0 aromatic heterocycles. The average Bonchev–Trinajstić information content (AvgIpc) is 2.35. The van der Waals surface area contributed by atoms with Gasteiger partial charge in [-0.1, -0.05) is 0 Å². The van der Waals surface area contributed by atoms with E-state index in [1.165, 1.54) is 26.5 Å². The normalized spacial score (nSPS) is 19.3. The molecular weight excluding hydrogens is 238 g/mol. The van der Waals surface area contributed by atoms with Gasteiger partial charge in [0.05, 0.1) is 37.0 Å². The van der Waals surface area contributed by atoms with E-state index in [9.17, 15) is 14.7 Å². The van der Waals surface area contributed by atoms with Crippen LogP contribution >= 0.6 is 0 Å².